The Balaban J connectivity index is 4.74. The molecule has 0 aliphatic rings. The van der Waals surface area contributed by atoms with Crippen molar-refractivity contribution in [3.8, 4) is 0 Å². The van der Waals surface area contributed by atoms with Crippen molar-refractivity contribution < 1.29 is 23.3 Å². The van der Waals surface area contributed by atoms with Crippen molar-refractivity contribution in [1.82, 2.24) is 5.34 Å². The highest BCUT2D eigenvalue weighted by atomic mass is 19.4. The van der Waals surface area contributed by atoms with Crippen LogP contribution in [0.1, 0.15) is 20.3 Å². The van der Waals surface area contributed by atoms with E-state index in [9.17, 15) is 18.1 Å². The number of hydrogen-bond acceptors (Lipinski definition) is 2. The Morgan fingerprint density at radius 2 is 2.08 bits per heavy atom. The number of carboxylic acids is 1. The molecule has 2 atom stereocenters. The molecule has 0 aliphatic heterocycles. The van der Waals surface area contributed by atoms with Gasteiger partial charge in [0.25, 0.3) is 0 Å². The van der Waals surface area contributed by atoms with Crippen LogP contribution in [0.15, 0.2) is 0 Å². The molecule has 0 saturated carbocycles. The van der Waals surface area contributed by atoms with E-state index in [2.05, 4.69) is 0 Å². The molecule has 72 valence electrons. The lowest BCUT2D eigenvalue weighted by molar-refractivity contribution is -0.290. The van der Waals surface area contributed by atoms with Crippen molar-refractivity contribution in [3.63, 3.8) is 0 Å². The minimum atomic E-state index is -3.57. The van der Waals surface area contributed by atoms with Gasteiger partial charge in [0.1, 0.15) is 0 Å². The lowest BCUT2D eigenvalue weighted by atomic mass is 9.97. The third-order valence-corrected chi connectivity index (χ3v) is 1.81. The van der Waals surface area contributed by atoms with Crippen molar-refractivity contribution >= 4 is 5.97 Å². The maximum atomic E-state index is 13.0. The maximum Gasteiger partial charge on any atom is 0.362 e. The van der Waals surface area contributed by atoms with E-state index in [4.69, 9.17) is 5.11 Å². The number of rotatable bonds is 4. The Hall–Kier alpha value is -0.780. The van der Waals surface area contributed by atoms with Crippen LogP contribution >= 0.6 is 0 Å². The summed E-state index contributed by atoms with van der Waals surface area (Å²) >= 11 is 0. The van der Waals surface area contributed by atoms with Crippen LogP contribution in [0.5, 0.6) is 0 Å². The van der Waals surface area contributed by atoms with Gasteiger partial charge in [0.15, 0.2) is 0 Å². The molecule has 0 saturated heterocycles. The molecule has 3 nitrogen and oxygen atoms in total. The van der Waals surface area contributed by atoms with Crippen LogP contribution in [-0.2, 0) is 4.79 Å². The summed E-state index contributed by atoms with van der Waals surface area (Å²) in [5.41, 5.74) is 0. The third-order valence-electron chi connectivity index (χ3n) is 1.81. The summed E-state index contributed by atoms with van der Waals surface area (Å²) in [6, 6.07) is 0. The largest absolute Gasteiger partial charge is 0.478 e. The summed E-state index contributed by atoms with van der Waals surface area (Å²) in [6.45, 7) is 2.55. The number of hydrogen-bond donors (Lipinski definition) is 1. The molecular weight excluding hydrogens is 175 g/mol. The Kier molecular flexibility index (Phi) is 3.51. The fourth-order valence-corrected chi connectivity index (χ4v) is 0.720. The van der Waals surface area contributed by atoms with Crippen molar-refractivity contribution in [2.24, 2.45) is 5.92 Å². The molecule has 0 amide bonds. The van der Waals surface area contributed by atoms with Gasteiger partial charge in [-0.05, 0) is 6.42 Å². The first kappa shape index (κ1) is 11.2. The van der Waals surface area contributed by atoms with Crippen LogP contribution in [0, 0.1) is 5.92 Å². The summed E-state index contributed by atoms with van der Waals surface area (Å²) in [5.74, 6) is -7.00. The Bertz CT molecular complexity index is 176. The van der Waals surface area contributed by atoms with Crippen LogP contribution in [0.2, 0.25) is 0 Å². The number of halogens is 3. The summed E-state index contributed by atoms with van der Waals surface area (Å²) < 4.78 is 36.7. The van der Waals surface area contributed by atoms with Crippen LogP contribution < -0.4 is 0 Å². The van der Waals surface area contributed by atoms with Gasteiger partial charge in [-0.15, -0.1) is 0 Å². The standard InChI is InChI=1S/C6H10F3NO2/c1-3-4(2)6(7,5(11)12)10(8)9/h4H,3H2,1-2H3,(H,11,12)/t4-,6-/m0/s1. The summed E-state index contributed by atoms with van der Waals surface area (Å²) in [5, 5.41) is 6.31. The molecule has 0 radical (unpaired) electrons. The minimum Gasteiger partial charge on any atom is -0.478 e. The van der Waals surface area contributed by atoms with E-state index in [0.29, 0.717) is 0 Å². The zero-order valence-electron chi connectivity index (χ0n) is 6.72. The van der Waals surface area contributed by atoms with Crippen LogP contribution in [0.3, 0.4) is 0 Å². The van der Waals surface area contributed by atoms with Gasteiger partial charge in [0.05, 0.1) is 5.34 Å². The van der Waals surface area contributed by atoms with Gasteiger partial charge in [-0.1, -0.05) is 22.8 Å². The van der Waals surface area contributed by atoms with E-state index in [1.165, 1.54) is 6.92 Å². The van der Waals surface area contributed by atoms with E-state index >= 15 is 0 Å². The zero-order chi connectivity index (χ0) is 9.94. The second-order valence-corrected chi connectivity index (χ2v) is 2.52. The fourth-order valence-electron chi connectivity index (χ4n) is 0.720. The molecule has 0 aromatic heterocycles. The van der Waals surface area contributed by atoms with Gasteiger partial charge in [0, 0.05) is 5.92 Å². The first-order chi connectivity index (χ1) is 5.37. The van der Waals surface area contributed by atoms with Crippen LogP contribution in [0.25, 0.3) is 0 Å². The normalized spacial score (nSPS) is 18.8. The topological polar surface area (TPSA) is 40.5 Å². The highest BCUT2D eigenvalue weighted by Crippen LogP contribution is 2.30. The molecule has 12 heavy (non-hydrogen) atoms. The Morgan fingerprint density at radius 3 is 2.17 bits per heavy atom. The van der Waals surface area contributed by atoms with Crippen molar-refractivity contribution in [2.75, 3.05) is 0 Å². The quantitative estimate of drug-likeness (QED) is 0.536. The minimum absolute atomic E-state index is 0.0210. The van der Waals surface area contributed by atoms with Gasteiger partial charge >= 0.3 is 11.8 Å². The highest BCUT2D eigenvalue weighted by Gasteiger charge is 2.51. The van der Waals surface area contributed by atoms with Crippen molar-refractivity contribution in [1.29, 1.82) is 0 Å². The maximum absolute atomic E-state index is 13.0. The molecule has 0 unspecified atom stereocenters. The van der Waals surface area contributed by atoms with Gasteiger partial charge < -0.3 is 5.11 Å². The molecule has 0 spiro atoms. The van der Waals surface area contributed by atoms with E-state index in [1.54, 1.807) is 0 Å². The molecule has 0 aromatic rings. The molecule has 0 fully saturated rings. The Morgan fingerprint density at radius 1 is 1.67 bits per heavy atom. The average Bonchev–Trinajstić information content (AvgIpc) is 2.00. The monoisotopic (exact) mass is 185 g/mol. The van der Waals surface area contributed by atoms with Gasteiger partial charge in [-0.3, -0.25) is 0 Å². The van der Waals surface area contributed by atoms with Crippen LogP contribution in [-0.4, -0.2) is 22.2 Å². The first-order valence-corrected chi connectivity index (χ1v) is 3.41. The molecule has 0 aliphatic carbocycles. The summed E-state index contributed by atoms with van der Waals surface area (Å²) in [7, 11) is 0. The van der Waals surface area contributed by atoms with Gasteiger partial charge in [-0.2, -0.15) is 0 Å². The van der Waals surface area contributed by atoms with E-state index in [1.807, 2.05) is 0 Å². The lowest BCUT2D eigenvalue weighted by Gasteiger charge is -2.25. The lowest BCUT2D eigenvalue weighted by Crippen LogP contribution is -2.48. The van der Waals surface area contributed by atoms with Gasteiger partial charge in [0.2, 0.25) is 0 Å². The van der Waals surface area contributed by atoms with Crippen molar-refractivity contribution in [2.45, 2.75) is 26.1 Å². The third kappa shape index (κ3) is 1.69. The van der Waals surface area contributed by atoms with Crippen molar-refractivity contribution in [3.05, 3.63) is 0 Å². The smallest absolute Gasteiger partial charge is 0.362 e. The van der Waals surface area contributed by atoms with E-state index in [0.717, 1.165) is 6.92 Å². The molecular formula is C6H10F3NO2. The Labute approximate surface area is 67.6 Å². The number of carboxylic acid groups (broad SMARTS) is 1. The second-order valence-electron chi connectivity index (χ2n) is 2.52. The number of alkyl halides is 1. The molecule has 0 rings (SSSR count). The molecule has 0 heterocycles. The molecule has 6 heteroatoms. The van der Waals surface area contributed by atoms with E-state index < -0.39 is 23.0 Å². The highest BCUT2D eigenvalue weighted by molar-refractivity contribution is 5.76. The number of aliphatic carboxylic acids is 1. The summed E-state index contributed by atoms with van der Waals surface area (Å²) in [4.78, 5) is 10.2. The zero-order valence-corrected chi connectivity index (χ0v) is 6.72. The predicted octanol–water partition coefficient (Wildman–Crippen LogP) is 1.85. The second kappa shape index (κ2) is 3.75. The molecule has 1 N–H and O–H groups in total. The fraction of sp³-hybridized carbons (Fsp3) is 0.833. The number of carbonyl (C=O) groups is 1. The SMILES string of the molecule is CC[C@H](C)[C@@](F)(C(=O)O)N(F)F. The van der Waals surface area contributed by atoms with E-state index in [-0.39, 0.29) is 6.42 Å². The predicted molar refractivity (Wildman–Crippen MR) is 35.0 cm³/mol. The first-order valence-electron chi connectivity index (χ1n) is 3.41. The van der Waals surface area contributed by atoms with Crippen LogP contribution in [0.4, 0.5) is 13.4 Å². The number of nitrogens with zero attached hydrogens (tertiary/aromatic N) is 1. The molecule has 0 aromatic carbocycles. The van der Waals surface area contributed by atoms with Gasteiger partial charge in [-0.25, -0.2) is 9.18 Å². The average molecular weight is 185 g/mol. The molecule has 0 bridgehead atoms. The summed E-state index contributed by atoms with van der Waals surface area (Å²) in [6.07, 6.45) is 0.0210.